The SMILES string of the molecule is Cc1cc2nc(Cc3ccccc3)n(CC#N)c2cc1C. The van der Waals surface area contributed by atoms with Crippen molar-refractivity contribution in [3.05, 3.63) is 65.0 Å². The first-order chi connectivity index (χ1) is 10.2. The molecule has 0 fully saturated rings. The van der Waals surface area contributed by atoms with E-state index in [1.165, 1.54) is 16.7 Å². The molecule has 0 unspecified atom stereocenters. The van der Waals surface area contributed by atoms with Gasteiger partial charge in [0.05, 0.1) is 17.1 Å². The molecule has 0 saturated heterocycles. The largest absolute Gasteiger partial charge is 0.314 e. The fourth-order valence-corrected chi connectivity index (χ4v) is 2.59. The Morgan fingerprint density at radius 2 is 1.81 bits per heavy atom. The molecule has 0 saturated carbocycles. The molecule has 0 aliphatic rings. The van der Waals surface area contributed by atoms with Crippen LogP contribution in [0, 0.1) is 25.2 Å². The van der Waals surface area contributed by atoms with Gasteiger partial charge in [0.2, 0.25) is 0 Å². The van der Waals surface area contributed by atoms with Gasteiger partial charge in [0, 0.05) is 6.42 Å². The maximum atomic E-state index is 9.11. The third-order valence-electron chi connectivity index (χ3n) is 3.88. The van der Waals surface area contributed by atoms with Crippen LogP contribution in [0.1, 0.15) is 22.5 Å². The molecule has 0 atom stereocenters. The molecule has 0 bridgehead atoms. The van der Waals surface area contributed by atoms with Crippen molar-refractivity contribution < 1.29 is 0 Å². The Balaban J connectivity index is 2.13. The summed E-state index contributed by atoms with van der Waals surface area (Å²) >= 11 is 0. The first-order valence-electron chi connectivity index (χ1n) is 7.06. The molecule has 0 radical (unpaired) electrons. The molecule has 1 aromatic heterocycles. The highest BCUT2D eigenvalue weighted by atomic mass is 15.1. The number of nitriles is 1. The van der Waals surface area contributed by atoms with Crippen LogP contribution in [0.5, 0.6) is 0 Å². The molecule has 0 spiro atoms. The number of benzene rings is 2. The summed E-state index contributed by atoms with van der Waals surface area (Å²) in [4.78, 5) is 4.74. The van der Waals surface area contributed by atoms with Gasteiger partial charge in [-0.25, -0.2) is 4.98 Å². The van der Waals surface area contributed by atoms with Crippen molar-refractivity contribution in [2.24, 2.45) is 0 Å². The van der Waals surface area contributed by atoms with E-state index in [0.717, 1.165) is 23.3 Å². The van der Waals surface area contributed by atoms with Crippen LogP contribution in [0.4, 0.5) is 0 Å². The predicted octanol–water partition coefficient (Wildman–Crippen LogP) is 3.77. The number of aromatic nitrogens is 2. The fourth-order valence-electron chi connectivity index (χ4n) is 2.59. The molecule has 3 heteroatoms. The van der Waals surface area contributed by atoms with Crippen molar-refractivity contribution in [3.63, 3.8) is 0 Å². The van der Waals surface area contributed by atoms with Crippen LogP contribution in [0.25, 0.3) is 11.0 Å². The molecule has 3 nitrogen and oxygen atoms in total. The number of hydrogen-bond acceptors (Lipinski definition) is 2. The second-order valence-electron chi connectivity index (χ2n) is 5.36. The highest BCUT2D eigenvalue weighted by molar-refractivity contribution is 5.78. The molecule has 0 aliphatic carbocycles. The lowest BCUT2D eigenvalue weighted by Crippen LogP contribution is -2.03. The maximum absolute atomic E-state index is 9.11. The molecule has 0 amide bonds. The van der Waals surface area contributed by atoms with Gasteiger partial charge in [-0.2, -0.15) is 5.26 Å². The van der Waals surface area contributed by atoms with Crippen LogP contribution in [0.15, 0.2) is 42.5 Å². The quantitative estimate of drug-likeness (QED) is 0.730. The van der Waals surface area contributed by atoms with Crippen LogP contribution in [-0.2, 0) is 13.0 Å². The van der Waals surface area contributed by atoms with Crippen LogP contribution in [0.3, 0.4) is 0 Å². The van der Waals surface area contributed by atoms with E-state index in [0.29, 0.717) is 6.54 Å². The summed E-state index contributed by atoms with van der Waals surface area (Å²) in [6.45, 7) is 4.52. The molecule has 21 heavy (non-hydrogen) atoms. The molecule has 3 rings (SSSR count). The second kappa shape index (κ2) is 5.41. The van der Waals surface area contributed by atoms with Gasteiger partial charge in [-0.3, -0.25) is 0 Å². The van der Waals surface area contributed by atoms with Gasteiger partial charge in [-0.05, 0) is 42.7 Å². The van der Waals surface area contributed by atoms with Crippen LogP contribution >= 0.6 is 0 Å². The van der Waals surface area contributed by atoms with Gasteiger partial charge in [0.15, 0.2) is 0 Å². The second-order valence-corrected chi connectivity index (χ2v) is 5.36. The standard InChI is InChI=1S/C18H17N3/c1-13-10-16-17(11-14(13)2)21(9-8-19)18(20-16)12-15-6-4-3-5-7-15/h3-7,10-11H,9,12H2,1-2H3. The molecule has 3 aromatic rings. The number of fused-ring (bicyclic) bond motifs is 1. The number of hydrogen-bond donors (Lipinski definition) is 0. The molecule has 0 N–H and O–H groups in total. The average Bonchev–Trinajstić information content (AvgIpc) is 2.79. The van der Waals surface area contributed by atoms with E-state index >= 15 is 0 Å². The van der Waals surface area contributed by atoms with E-state index < -0.39 is 0 Å². The Labute approximate surface area is 124 Å². The van der Waals surface area contributed by atoms with Crippen LogP contribution in [-0.4, -0.2) is 9.55 Å². The number of imidazole rings is 1. The van der Waals surface area contributed by atoms with Gasteiger partial charge in [-0.1, -0.05) is 30.3 Å². The molecular weight excluding hydrogens is 258 g/mol. The summed E-state index contributed by atoms with van der Waals surface area (Å²) < 4.78 is 2.02. The van der Waals surface area contributed by atoms with E-state index in [2.05, 4.69) is 44.2 Å². The molecular formula is C18H17N3. The summed E-state index contributed by atoms with van der Waals surface area (Å²) in [5.74, 6) is 0.947. The average molecular weight is 275 g/mol. The Morgan fingerprint density at radius 1 is 1.10 bits per heavy atom. The fraction of sp³-hybridized carbons (Fsp3) is 0.222. The Morgan fingerprint density at radius 3 is 2.52 bits per heavy atom. The van der Waals surface area contributed by atoms with E-state index in [-0.39, 0.29) is 0 Å². The summed E-state index contributed by atoms with van der Waals surface area (Å²) in [7, 11) is 0. The Bertz CT molecular complexity index is 823. The van der Waals surface area contributed by atoms with Gasteiger partial charge < -0.3 is 4.57 Å². The Hall–Kier alpha value is -2.60. The van der Waals surface area contributed by atoms with Gasteiger partial charge in [0.25, 0.3) is 0 Å². The van der Waals surface area contributed by atoms with E-state index in [1.54, 1.807) is 0 Å². The van der Waals surface area contributed by atoms with Crippen molar-refractivity contribution in [1.82, 2.24) is 9.55 Å². The first kappa shape index (κ1) is 13.4. The maximum Gasteiger partial charge on any atom is 0.115 e. The highest BCUT2D eigenvalue weighted by Crippen LogP contribution is 2.22. The van der Waals surface area contributed by atoms with Crippen LogP contribution in [0.2, 0.25) is 0 Å². The lowest BCUT2D eigenvalue weighted by atomic mass is 10.1. The van der Waals surface area contributed by atoms with Crippen molar-refractivity contribution in [1.29, 1.82) is 5.26 Å². The first-order valence-corrected chi connectivity index (χ1v) is 7.06. The normalized spacial score (nSPS) is 10.7. The molecule has 104 valence electrons. The summed E-state index contributed by atoms with van der Waals surface area (Å²) in [6.07, 6.45) is 0.745. The van der Waals surface area contributed by atoms with Crippen molar-refractivity contribution in [2.75, 3.05) is 0 Å². The minimum absolute atomic E-state index is 0.334. The lowest BCUT2D eigenvalue weighted by Gasteiger charge is -2.06. The molecule has 2 aromatic carbocycles. The lowest BCUT2D eigenvalue weighted by molar-refractivity contribution is 0.787. The monoisotopic (exact) mass is 275 g/mol. The number of nitrogens with zero attached hydrogens (tertiary/aromatic N) is 3. The minimum Gasteiger partial charge on any atom is -0.314 e. The third kappa shape index (κ3) is 2.53. The summed E-state index contributed by atoms with van der Waals surface area (Å²) in [5.41, 5.74) is 5.69. The molecule has 1 heterocycles. The topological polar surface area (TPSA) is 41.6 Å². The van der Waals surface area contributed by atoms with E-state index in [4.69, 9.17) is 10.2 Å². The van der Waals surface area contributed by atoms with Gasteiger partial charge in [0.1, 0.15) is 12.4 Å². The van der Waals surface area contributed by atoms with Gasteiger partial charge in [-0.15, -0.1) is 0 Å². The van der Waals surface area contributed by atoms with Crippen molar-refractivity contribution in [2.45, 2.75) is 26.8 Å². The zero-order valence-corrected chi connectivity index (χ0v) is 12.3. The zero-order valence-electron chi connectivity index (χ0n) is 12.3. The summed E-state index contributed by atoms with van der Waals surface area (Å²) in [5, 5.41) is 9.11. The zero-order chi connectivity index (χ0) is 14.8. The number of aryl methyl sites for hydroxylation is 2. The third-order valence-corrected chi connectivity index (χ3v) is 3.88. The highest BCUT2D eigenvalue weighted by Gasteiger charge is 2.12. The van der Waals surface area contributed by atoms with Crippen LogP contribution < -0.4 is 0 Å². The van der Waals surface area contributed by atoms with E-state index in [1.807, 2.05) is 22.8 Å². The van der Waals surface area contributed by atoms with E-state index in [9.17, 15) is 0 Å². The van der Waals surface area contributed by atoms with Gasteiger partial charge >= 0.3 is 0 Å². The minimum atomic E-state index is 0.334. The summed E-state index contributed by atoms with van der Waals surface area (Å²) in [6, 6.07) is 16.7. The van der Waals surface area contributed by atoms with Crippen molar-refractivity contribution >= 4 is 11.0 Å². The predicted molar refractivity (Wildman–Crippen MR) is 84.1 cm³/mol. The van der Waals surface area contributed by atoms with Crippen molar-refractivity contribution in [3.8, 4) is 6.07 Å². The Kier molecular flexibility index (Phi) is 3.45. The smallest absolute Gasteiger partial charge is 0.115 e. The molecule has 0 aliphatic heterocycles. The number of rotatable bonds is 3.